The number of hydrogen-bond acceptors (Lipinski definition) is 2. The van der Waals surface area contributed by atoms with Crippen molar-refractivity contribution >= 4 is 0 Å². The molecule has 0 atom stereocenters. The normalized spacial score (nSPS) is 19.7. The highest BCUT2D eigenvalue weighted by Crippen LogP contribution is 2.33. The first-order valence-electron chi connectivity index (χ1n) is 8.00. The quantitative estimate of drug-likeness (QED) is 0.903. The highest BCUT2D eigenvalue weighted by atomic mass is 15.3. The molecule has 2 nitrogen and oxygen atoms in total. The number of rotatable bonds is 5. The van der Waals surface area contributed by atoms with Gasteiger partial charge >= 0.3 is 0 Å². The predicted molar refractivity (Wildman–Crippen MR) is 86.2 cm³/mol. The van der Waals surface area contributed by atoms with Crippen molar-refractivity contribution in [2.45, 2.75) is 31.0 Å². The van der Waals surface area contributed by atoms with Crippen LogP contribution >= 0.6 is 0 Å². The molecule has 1 aliphatic heterocycles. The molecule has 1 aliphatic carbocycles. The van der Waals surface area contributed by atoms with E-state index in [1.54, 1.807) is 0 Å². The van der Waals surface area contributed by atoms with Crippen molar-refractivity contribution in [1.29, 1.82) is 0 Å². The van der Waals surface area contributed by atoms with E-state index in [-0.39, 0.29) is 0 Å². The molecular formula is C19H22N2. The van der Waals surface area contributed by atoms with E-state index in [0.29, 0.717) is 12.1 Å². The van der Waals surface area contributed by atoms with Gasteiger partial charge < -0.3 is 5.32 Å². The van der Waals surface area contributed by atoms with Crippen LogP contribution in [-0.2, 0) is 0 Å². The molecule has 0 amide bonds. The Morgan fingerprint density at radius 3 is 1.76 bits per heavy atom. The van der Waals surface area contributed by atoms with Crippen LogP contribution in [0, 0.1) is 0 Å². The minimum absolute atomic E-state index is 0.393. The maximum Gasteiger partial charge on any atom is 0.0602 e. The lowest BCUT2D eigenvalue weighted by Crippen LogP contribution is -2.59. The predicted octanol–water partition coefficient (Wildman–Crippen LogP) is 3.21. The van der Waals surface area contributed by atoms with Crippen LogP contribution in [0.4, 0.5) is 0 Å². The third kappa shape index (κ3) is 2.87. The third-order valence-electron chi connectivity index (χ3n) is 4.55. The highest BCUT2D eigenvalue weighted by Gasteiger charge is 2.36. The molecule has 1 heterocycles. The van der Waals surface area contributed by atoms with Gasteiger partial charge in [-0.15, -0.1) is 0 Å². The van der Waals surface area contributed by atoms with Gasteiger partial charge in [-0.05, 0) is 24.0 Å². The summed E-state index contributed by atoms with van der Waals surface area (Å²) in [4.78, 5) is 2.59. The molecule has 0 spiro atoms. The van der Waals surface area contributed by atoms with Crippen molar-refractivity contribution in [3.63, 3.8) is 0 Å². The largest absolute Gasteiger partial charge is 0.309 e. The average molecular weight is 278 g/mol. The van der Waals surface area contributed by atoms with Gasteiger partial charge in [-0.2, -0.15) is 0 Å². The molecule has 0 aromatic heterocycles. The Balaban J connectivity index is 1.53. The van der Waals surface area contributed by atoms with E-state index in [1.807, 2.05) is 0 Å². The fourth-order valence-corrected chi connectivity index (χ4v) is 3.30. The lowest BCUT2D eigenvalue weighted by molar-refractivity contribution is 0.0922. The first-order valence-corrected chi connectivity index (χ1v) is 8.00. The second kappa shape index (κ2) is 5.63. The second-order valence-electron chi connectivity index (χ2n) is 6.32. The van der Waals surface area contributed by atoms with Crippen molar-refractivity contribution in [2.24, 2.45) is 0 Å². The second-order valence-corrected chi connectivity index (χ2v) is 6.32. The summed E-state index contributed by atoms with van der Waals surface area (Å²) in [6, 6.07) is 23.7. The van der Waals surface area contributed by atoms with Gasteiger partial charge in [0.15, 0.2) is 0 Å². The number of benzene rings is 2. The molecule has 2 heteroatoms. The number of nitrogens with zero attached hydrogens (tertiary/aromatic N) is 1. The fourth-order valence-electron chi connectivity index (χ4n) is 3.30. The van der Waals surface area contributed by atoms with Crippen LogP contribution in [-0.4, -0.2) is 30.1 Å². The van der Waals surface area contributed by atoms with Crippen LogP contribution in [0.2, 0.25) is 0 Å². The van der Waals surface area contributed by atoms with Crippen molar-refractivity contribution in [3.8, 4) is 0 Å². The van der Waals surface area contributed by atoms with Gasteiger partial charge in [0.05, 0.1) is 6.04 Å². The number of likely N-dealkylation sites (tertiary alicyclic amines) is 1. The summed E-state index contributed by atoms with van der Waals surface area (Å²) in [5, 5.41) is 3.74. The SMILES string of the molecule is c1ccc(C(c2ccccc2)N2CC(NC3CC3)C2)cc1. The summed E-state index contributed by atoms with van der Waals surface area (Å²) in [5.74, 6) is 0. The van der Waals surface area contributed by atoms with Gasteiger partial charge in [0.2, 0.25) is 0 Å². The summed E-state index contributed by atoms with van der Waals surface area (Å²) in [5.41, 5.74) is 2.79. The first kappa shape index (κ1) is 13.1. The zero-order chi connectivity index (χ0) is 14.1. The Morgan fingerprint density at radius 2 is 1.29 bits per heavy atom. The van der Waals surface area contributed by atoms with Crippen molar-refractivity contribution in [3.05, 3.63) is 71.8 Å². The number of nitrogens with one attached hydrogen (secondary N) is 1. The topological polar surface area (TPSA) is 15.3 Å². The molecule has 2 aromatic rings. The molecule has 1 N–H and O–H groups in total. The zero-order valence-corrected chi connectivity index (χ0v) is 12.3. The lowest BCUT2D eigenvalue weighted by atomic mass is 9.93. The molecule has 1 saturated carbocycles. The van der Waals surface area contributed by atoms with Gasteiger partial charge in [0, 0.05) is 25.2 Å². The molecule has 4 rings (SSSR count). The van der Waals surface area contributed by atoms with Gasteiger partial charge in [-0.3, -0.25) is 4.90 Å². The van der Waals surface area contributed by atoms with Crippen LogP contribution in [0.15, 0.2) is 60.7 Å². The molecular weight excluding hydrogens is 256 g/mol. The standard InChI is InChI=1S/C19H22N2/c1-3-7-15(8-4-1)19(16-9-5-2-6-10-16)21-13-18(14-21)20-17-11-12-17/h1-10,17-20H,11-14H2. The van der Waals surface area contributed by atoms with E-state index in [0.717, 1.165) is 19.1 Å². The smallest absolute Gasteiger partial charge is 0.0602 e. The minimum Gasteiger partial charge on any atom is -0.309 e. The van der Waals surface area contributed by atoms with E-state index in [4.69, 9.17) is 0 Å². The van der Waals surface area contributed by atoms with Crippen molar-refractivity contribution in [1.82, 2.24) is 10.2 Å². The van der Waals surface area contributed by atoms with E-state index >= 15 is 0 Å². The Bertz CT molecular complexity index is 532. The molecule has 21 heavy (non-hydrogen) atoms. The highest BCUT2D eigenvalue weighted by molar-refractivity contribution is 5.32. The first-order chi connectivity index (χ1) is 10.4. The van der Waals surface area contributed by atoms with E-state index in [9.17, 15) is 0 Å². The Labute approximate surface area is 126 Å². The van der Waals surface area contributed by atoms with Crippen molar-refractivity contribution < 1.29 is 0 Å². The molecule has 1 saturated heterocycles. The maximum absolute atomic E-state index is 3.74. The zero-order valence-electron chi connectivity index (χ0n) is 12.3. The molecule has 2 fully saturated rings. The minimum atomic E-state index is 0.393. The Morgan fingerprint density at radius 1 is 0.762 bits per heavy atom. The van der Waals surface area contributed by atoms with E-state index in [2.05, 4.69) is 70.9 Å². The molecule has 108 valence electrons. The molecule has 0 radical (unpaired) electrons. The summed E-state index contributed by atoms with van der Waals surface area (Å²) in [6.07, 6.45) is 2.74. The van der Waals surface area contributed by atoms with Crippen LogP contribution in [0.1, 0.15) is 30.0 Å². The van der Waals surface area contributed by atoms with Gasteiger partial charge in [0.1, 0.15) is 0 Å². The van der Waals surface area contributed by atoms with Crippen molar-refractivity contribution in [2.75, 3.05) is 13.1 Å². The lowest BCUT2D eigenvalue weighted by Gasteiger charge is -2.45. The number of hydrogen-bond donors (Lipinski definition) is 1. The molecule has 0 bridgehead atoms. The average Bonchev–Trinajstić information content (AvgIpc) is 3.31. The molecule has 2 aliphatic rings. The van der Waals surface area contributed by atoms with Crippen LogP contribution in [0.25, 0.3) is 0 Å². The Kier molecular flexibility index (Phi) is 3.50. The fraction of sp³-hybridized carbons (Fsp3) is 0.368. The van der Waals surface area contributed by atoms with Gasteiger partial charge in [-0.25, -0.2) is 0 Å². The van der Waals surface area contributed by atoms with Crippen LogP contribution in [0.3, 0.4) is 0 Å². The third-order valence-corrected chi connectivity index (χ3v) is 4.55. The summed E-state index contributed by atoms with van der Waals surface area (Å²) in [6.45, 7) is 2.32. The van der Waals surface area contributed by atoms with Crippen LogP contribution in [0.5, 0.6) is 0 Å². The maximum atomic E-state index is 3.74. The Hall–Kier alpha value is -1.64. The summed E-state index contributed by atoms with van der Waals surface area (Å²) >= 11 is 0. The van der Waals surface area contributed by atoms with Crippen LogP contribution < -0.4 is 5.32 Å². The van der Waals surface area contributed by atoms with Gasteiger partial charge in [-0.1, -0.05) is 60.7 Å². The van der Waals surface area contributed by atoms with Gasteiger partial charge in [0.25, 0.3) is 0 Å². The van der Waals surface area contributed by atoms with E-state index in [1.165, 1.54) is 24.0 Å². The summed E-state index contributed by atoms with van der Waals surface area (Å²) < 4.78 is 0. The molecule has 0 unspecified atom stereocenters. The monoisotopic (exact) mass is 278 g/mol. The van der Waals surface area contributed by atoms with E-state index < -0.39 is 0 Å². The molecule has 2 aromatic carbocycles. The summed E-state index contributed by atoms with van der Waals surface area (Å²) in [7, 11) is 0.